The maximum Gasteiger partial charge on any atom is 0.481 e. The first-order valence-electron chi connectivity index (χ1n) is 5.25. The quantitative estimate of drug-likeness (QED) is 0.550. The van der Waals surface area contributed by atoms with Crippen molar-refractivity contribution in [3.63, 3.8) is 0 Å². The van der Waals surface area contributed by atoms with E-state index in [9.17, 15) is 12.9 Å². The van der Waals surface area contributed by atoms with E-state index in [4.69, 9.17) is 0 Å². The summed E-state index contributed by atoms with van der Waals surface area (Å²) in [5.74, 6) is -0.898. The molecule has 0 bridgehead atoms. The lowest BCUT2D eigenvalue weighted by molar-refractivity contribution is 0.392. The molecular formula is C9H15BF3-. The molecule has 0 aromatic heterocycles. The van der Waals surface area contributed by atoms with Gasteiger partial charge in [-0.1, -0.05) is 56.2 Å². The van der Waals surface area contributed by atoms with E-state index in [0.717, 1.165) is 38.5 Å². The molecule has 1 atom stereocenters. The average molecular weight is 191 g/mol. The van der Waals surface area contributed by atoms with Crippen LogP contribution in [0.4, 0.5) is 12.9 Å². The fourth-order valence-corrected chi connectivity index (χ4v) is 2.92. The van der Waals surface area contributed by atoms with Crippen LogP contribution < -0.4 is 0 Å². The third-order valence-electron chi connectivity index (χ3n) is 3.81. The van der Waals surface area contributed by atoms with Crippen molar-refractivity contribution >= 4 is 6.98 Å². The fourth-order valence-electron chi connectivity index (χ4n) is 2.92. The van der Waals surface area contributed by atoms with Crippen molar-refractivity contribution < 1.29 is 12.9 Å². The summed E-state index contributed by atoms with van der Waals surface area (Å²) >= 11 is 0. The van der Waals surface area contributed by atoms with E-state index in [-0.39, 0.29) is 5.41 Å². The maximum atomic E-state index is 12.5. The van der Waals surface area contributed by atoms with Gasteiger partial charge in [0.15, 0.2) is 0 Å². The summed E-state index contributed by atoms with van der Waals surface area (Å²) in [6, 6.07) is 0. The van der Waals surface area contributed by atoms with Crippen molar-refractivity contribution in [2.75, 3.05) is 0 Å². The molecule has 0 aliphatic heterocycles. The van der Waals surface area contributed by atoms with Crippen molar-refractivity contribution in [3.8, 4) is 0 Å². The highest BCUT2D eigenvalue weighted by Crippen LogP contribution is 2.69. The Bertz CT molecular complexity index is 192. The molecule has 0 N–H and O–H groups in total. The van der Waals surface area contributed by atoms with E-state index in [1.54, 1.807) is 0 Å². The molecule has 2 rings (SSSR count). The Hall–Kier alpha value is -0.145. The van der Waals surface area contributed by atoms with Crippen LogP contribution in [-0.2, 0) is 0 Å². The molecule has 0 aromatic carbocycles. The van der Waals surface area contributed by atoms with E-state index in [0.29, 0.717) is 6.42 Å². The highest BCUT2D eigenvalue weighted by molar-refractivity contribution is 6.61. The standard InChI is InChI=1S/C9H15BF3/c11-10(12,13)8-7-9(8)5-3-1-2-4-6-9/h8H,1-7H2/q-1. The SMILES string of the molecule is F[B-](F)(F)C1CC12CCCCCC2. The zero-order valence-electron chi connectivity index (χ0n) is 7.74. The summed E-state index contributed by atoms with van der Waals surface area (Å²) in [4.78, 5) is 0. The van der Waals surface area contributed by atoms with Crippen LogP contribution in [0.2, 0.25) is 5.82 Å². The van der Waals surface area contributed by atoms with Gasteiger partial charge in [0, 0.05) is 0 Å². The molecule has 2 aliphatic rings. The van der Waals surface area contributed by atoms with E-state index in [1.807, 2.05) is 0 Å². The lowest BCUT2D eigenvalue weighted by Crippen LogP contribution is -2.19. The van der Waals surface area contributed by atoms with Crippen LogP contribution in [0.25, 0.3) is 0 Å². The largest absolute Gasteiger partial charge is 0.481 e. The first kappa shape index (κ1) is 9.41. The maximum absolute atomic E-state index is 12.5. The normalized spacial score (nSPS) is 33.0. The van der Waals surface area contributed by atoms with Crippen LogP contribution in [0.1, 0.15) is 44.9 Å². The van der Waals surface area contributed by atoms with Gasteiger partial charge >= 0.3 is 6.98 Å². The number of halogens is 3. The molecule has 0 saturated heterocycles. The van der Waals surface area contributed by atoms with Crippen LogP contribution in [0.15, 0.2) is 0 Å². The second kappa shape index (κ2) is 2.92. The monoisotopic (exact) mass is 191 g/mol. The molecular weight excluding hydrogens is 176 g/mol. The van der Waals surface area contributed by atoms with Gasteiger partial charge in [0.25, 0.3) is 0 Å². The summed E-state index contributed by atoms with van der Waals surface area (Å²) in [6.45, 7) is -4.55. The van der Waals surface area contributed by atoms with Crippen molar-refractivity contribution in [2.24, 2.45) is 5.41 Å². The second-order valence-electron chi connectivity index (χ2n) is 4.71. The average Bonchev–Trinajstić information content (AvgIpc) is 2.76. The van der Waals surface area contributed by atoms with Crippen molar-refractivity contribution in [1.29, 1.82) is 0 Å². The van der Waals surface area contributed by atoms with Crippen LogP contribution >= 0.6 is 0 Å². The predicted molar refractivity (Wildman–Crippen MR) is 47.6 cm³/mol. The molecule has 0 amide bonds. The Morgan fingerprint density at radius 2 is 1.46 bits per heavy atom. The molecule has 4 heteroatoms. The minimum atomic E-state index is -4.55. The molecule has 2 aliphatic carbocycles. The third kappa shape index (κ3) is 1.72. The molecule has 13 heavy (non-hydrogen) atoms. The summed E-state index contributed by atoms with van der Waals surface area (Å²) in [7, 11) is 0. The summed E-state index contributed by atoms with van der Waals surface area (Å²) in [6.07, 6.45) is 6.42. The van der Waals surface area contributed by atoms with Gasteiger partial charge in [-0.25, -0.2) is 0 Å². The summed E-state index contributed by atoms with van der Waals surface area (Å²) in [5, 5.41) is 0. The zero-order valence-corrected chi connectivity index (χ0v) is 7.74. The Balaban J connectivity index is 2.00. The molecule has 0 radical (unpaired) electrons. The van der Waals surface area contributed by atoms with Gasteiger partial charge in [-0.2, -0.15) is 0 Å². The Morgan fingerprint density at radius 3 is 1.85 bits per heavy atom. The van der Waals surface area contributed by atoms with Crippen LogP contribution in [0.3, 0.4) is 0 Å². The van der Waals surface area contributed by atoms with Crippen molar-refractivity contribution in [1.82, 2.24) is 0 Å². The lowest BCUT2D eigenvalue weighted by atomic mass is 9.75. The topological polar surface area (TPSA) is 0 Å². The van der Waals surface area contributed by atoms with Gasteiger partial charge in [0.1, 0.15) is 0 Å². The highest BCUT2D eigenvalue weighted by Gasteiger charge is 2.60. The minimum absolute atomic E-state index is 0.283. The Morgan fingerprint density at radius 1 is 0.923 bits per heavy atom. The summed E-state index contributed by atoms with van der Waals surface area (Å²) < 4.78 is 37.4. The van der Waals surface area contributed by atoms with E-state index in [2.05, 4.69) is 0 Å². The van der Waals surface area contributed by atoms with Crippen molar-refractivity contribution in [2.45, 2.75) is 50.8 Å². The fraction of sp³-hybridized carbons (Fsp3) is 1.00. The summed E-state index contributed by atoms with van der Waals surface area (Å²) in [5.41, 5.74) is -0.283. The molecule has 1 unspecified atom stereocenters. The molecule has 2 fully saturated rings. The zero-order chi connectivity index (χ0) is 9.53. The first-order valence-corrected chi connectivity index (χ1v) is 5.25. The van der Waals surface area contributed by atoms with Crippen LogP contribution in [0.5, 0.6) is 0 Å². The molecule has 0 aromatic rings. The van der Waals surface area contributed by atoms with Gasteiger partial charge < -0.3 is 12.9 Å². The number of rotatable bonds is 1. The van der Waals surface area contributed by atoms with Gasteiger partial charge in [-0.15, -0.1) is 0 Å². The van der Waals surface area contributed by atoms with Gasteiger partial charge in [-0.3, -0.25) is 0 Å². The Kier molecular flexibility index (Phi) is 2.12. The van der Waals surface area contributed by atoms with Crippen LogP contribution in [0, 0.1) is 5.41 Å². The molecule has 0 nitrogen and oxygen atoms in total. The van der Waals surface area contributed by atoms with Crippen LogP contribution in [-0.4, -0.2) is 6.98 Å². The van der Waals surface area contributed by atoms with Gasteiger partial charge in [0.05, 0.1) is 0 Å². The van der Waals surface area contributed by atoms with E-state index >= 15 is 0 Å². The van der Waals surface area contributed by atoms with Gasteiger partial charge in [0.2, 0.25) is 0 Å². The lowest BCUT2D eigenvalue weighted by Gasteiger charge is -2.20. The molecule has 1 spiro atoms. The third-order valence-corrected chi connectivity index (χ3v) is 3.81. The molecule has 0 heterocycles. The first-order chi connectivity index (χ1) is 6.05. The number of hydrogen-bond donors (Lipinski definition) is 0. The van der Waals surface area contributed by atoms with E-state index in [1.165, 1.54) is 0 Å². The van der Waals surface area contributed by atoms with Crippen molar-refractivity contribution in [3.05, 3.63) is 0 Å². The van der Waals surface area contributed by atoms with Gasteiger partial charge in [-0.05, 0) is 0 Å². The Labute approximate surface area is 76.9 Å². The smallest absolute Gasteiger partial charge is 0.449 e. The minimum Gasteiger partial charge on any atom is -0.449 e. The van der Waals surface area contributed by atoms with E-state index < -0.39 is 12.8 Å². The molecule has 76 valence electrons. The second-order valence-corrected chi connectivity index (χ2v) is 4.71. The molecule has 2 saturated carbocycles. The predicted octanol–water partition coefficient (Wildman–Crippen LogP) is 3.95. The highest BCUT2D eigenvalue weighted by atomic mass is 19.4. The number of hydrogen-bond acceptors (Lipinski definition) is 0.